The fraction of sp³-hybridized carbons (Fsp3) is 0.350. The minimum absolute atomic E-state index is 0.0681. The maximum absolute atomic E-state index is 12.6. The summed E-state index contributed by atoms with van der Waals surface area (Å²) in [5, 5.41) is 0.682. The van der Waals surface area contributed by atoms with Gasteiger partial charge in [-0.25, -0.2) is 0 Å². The molecule has 132 valence electrons. The smallest absolute Gasteiger partial charge is 0.223 e. The Hall–Kier alpha value is -2.20. The molecular weight excluding hydrogens is 338 g/mol. The molecule has 2 aromatic carbocycles. The molecule has 0 aliphatic carbocycles. The molecule has 4 nitrogen and oxygen atoms in total. The van der Waals surface area contributed by atoms with Crippen LogP contribution in [0.25, 0.3) is 0 Å². The molecule has 0 N–H and O–H groups in total. The van der Waals surface area contributed by atoms with Gasteiger partial charge in [-0.15, -0.1) is 0 Å². The second kappa shape index (κ2) is 7.79. The van der Waals surface area contributed by atoms with Crippen molar-refractivity contribution in [2.45, 2.75) is 25.8 Å². The summed E-state index contributed by atoms with van der Waals surface area (Å²) < 4.78 is 11.1. The van der Waals surface area contributed by atoms with Crippen LogP contribution >= 0.6 is 11.6 Å². The van der Waals surface area contributed by atoms with E-state index in [1.54, 1.807) is 4.90 Å². The van der Waals surface area contributed by atoms with E-state index in [4.69, 9.17) is 21.1 Å². The van der Waals surface area contributed by atoms with Gasteiger partial charge in [-0.05, 0) is 42.7 Å². The van der Waals surface area contributed by atoms with Crippen LogP contribution in [0, 0.1) is 0 Å². The summed E-state index contributed by atoms with van der Waals surface area (Å²) in [6.45, 7) is 3.13. The van der Waals surface area contributed by atoms with Crippen LogP contribution in [0.1, 0.15) is 30.5 Å². The monoisotopic (exact) mass is 359 g/mol. The molecule has 1 atom stereocenters. The van der Waals surface area contributed by atoms with Gasteiger partial charge >= 0.3 is 0 Å². The van der Waals surface area contributed by atoms with E-state index in [9.17, 15) is 4.79 Å². The number of carbonyl (C=O) groups is 1. The average Bonchev–Trinajstić information content (AvgIpc) is 2.65. The van der Waals surface area contributed by atoms with Gasteiger partial charge in [-0.3, -0.25) is 4.79 Å². The van der Waals surface area contributed by atoms with E-state index in [-0.39, 0.29) is 11.9 Å². The second-order valence-corrected chi connectivity index (χ2v) is 6.59. The van der Waals surface area contributed by atoms with Gasteiger partial charge in [0.25, 0.3) is 0 Å². The molecular formula is C20H22ClNO3. The summed E-state index contributed by atoms with van der Waals surface area (Å²) in [5.41, 5.74) is 2.02. The minimum Gasteiger partial charge on any atom is -0.486 e. The Balaban J connectivity index is 1.61. The Kier molecular flexibility index (Phi) is 5.49. The third-order valence-electron chi connectivity index (χ3n) is 4.56. The Bertz CT molecular complexity index is 762. The summed E-state index contributed by atoms with van der Waals surface area (Å²) in [6, 6.07) is 13.4. The molecule has 5 heteroatoms. The number of ether oxygens (including phenoxy) is 2. The van der Waals surface area contributed by atoms with Crippen molar-refractivity contribution in [1.29, 1.82) is 0 Å². The Morgan fingerprint density at radius 3 is 2.64 bits per heavy atom. The van der Waals surface area contributed by atoms with Gasteiger partial charge in [0.05, 0.1) is 6.04 Å². The number of rotatable bonds is 5. The van der Waals surface area contributed by atoms with E-state index in [0.29, 0.717) is 31.1 Å². The van der Waals surface area contributed by atoms with Crippen molar-refractivity contribution in [3.8, 4) is 11.5 Å². The summed E-state index contributed by atoms with van der Waals surface area (Å²) in [5.74, 6) is 1.61. The van der Waals surface area contributed by atoms with E-state index in [0.717, 1.165) is 22.6 Å². The van der Waals surface area contributed by atoms with Crippen molar-refractivity contribution < 1.29 is 14.3 Å². The molecule has 0 bridgehead atoms. The molecule has 1 aliphatic heterocycles. The third-order valence-corrected chi connectivity index (χ3v) is 4.91. The highest BCUT2D eigenvalue weighted by Crippen LogP contribution is 2.31. The van der Waals surface area contributed by atoms with Gasteiger partial charge in [0.2, 0.25) is 5.91 Å². The number of amides is 1. The molecule has 0 spiro atoms. The first-order valence-electron chi connectivity index (χ1n) is 8.45. The van der Waals surface area contributed by atoms with Crippen molar-refractivity contribution in [3.63, 3.8) is 0 Å². The minimum atomic E-state index is -0.0681. The zero-order valence-corrected chi connectivity index (χ0v) is 15.3. The van der Waals surface area contributed by atoms with Crippen LogP contribution in [0.15, 0.2) is 42.5 Å². The molecule has 25 heavy (non-hydrogen) atoms. The molecule has 0 radical (unpaired) electrons. The molecule has 2 aromatic rings. The zero-order valence-electron chi connectivity index (χ0n) is 14.5. The standard InChI is InChI=1S/C20H22ClNO3/c1-14(16-5-3-4-6-17(16)21)22(2)20(23)10-8-15-7-9-18-19(13-15)25-12-11-24-18/h3-7,9,13-14H,8,10-12H2,1-2H3. The van der Waals surface area contributed by atoms with E-state index in [2.05, 4.69) is 0 Å². The fourth-order valence-corrected chi connectivity index (χ4v) is 3.20. The molecule has 3 rings (SSSR count). The number of fused-ring (bicyclic) bond motifs is 1. The molecule has 0 aromatic heterocycles. The highest BCUT2D eigenvalue weighted by Gasteiger charge is 2.19. The fourth-order valence-electron chi connectivity index (χ4n) is 2.91. The van der Waals surface area contributed by atoms with Crippen molar-refractivity contribution >= 4 is 17.5 Å². The number of nitrogens with zero attached hydrogens (tertiary/aromatic N) is 1. The average molecular weight is 360 g/mol. The number of benzene rings is 2. The first kappa shape index (κ1) is 17.6. The normalized spacial score (nSPS) is 14.0. The third kappa shape index (κ3) is 4.07. The molecule has 0 saturated carbocycles. The first-order valence-corrected chi connectivity index (χ1v) is 8.82. The predicted octanol–water partition coefficient (Wildman–Crippen LogP) is 4.26. The van der Waals surface area contributed by atoms with Gasteiger partial charge in [-0.2, -0.15) is 0 Å². The van der Waals surface area contributed by atoms with Gasteiger partial charge in [0.15, 0.2) is 11.5 Å². The molecule has 0 fully saturated rings. The number of hydrogen-bond acceptors (Lipinski definition) is 3. The quantitative estimate of drug-likeness (QED) is 0.800. The molecule has 0 saturated heterocycles. The van der Waals surface area contributed by atoms with Gasteiger partial charge in [0, 0.05) is 18.5 Å². The topological polar surface area (TPSA) is 38.8 Å². The van der Waals surface area contributed by atoms with Crippen molar-refractivity contribution in [1.82, 2.24) is 4.90 Å². The number of hydrogen-bond donors (Lipinski definition) is 0. The lowest BCUT2D eigenvalue weighted by Crippen LogP contribution is -2.30. The van der Waals surface area contributed by atoms with Crippen LogP contribution in [0.2, 0.25) is 5.02 Å². The first-order chi connectivity index (χ1) is 12.1. The Morgan fingerprint density at radius 1 is 1.16 bits per heavy atom. The number of halogens is 1. The number of carbonyl (C=O) groups excluding carboxylic acids is 1. The Labute approximate surface area is 153 Å². The van der Waals surface area contributed by atoms with Crippen molar-refractivity contribution in [2.75, 3.05) is 20.3 Å². The van der Waals surface area contributed by atoms with Crippen molar-refractivity contribution in [3.05, 3.63) is 58.6 Å². The predicted molar refractivity (Wildman–Crippen MR) is 98.4 cm³/mol. The maximum Gasteiger partial charge on any atom is 0.223 e. The summed E-state index contributed by atoms with van der Waals surface area (Å²) >= 11 is 6.24. The van der Waals surface area contributed by atoms with Crippen LogP contribution in [0.4, 0.5) is 0 Å². The summed E-state index contributed by atoms with van der Waals surface area (Å²) in [6.07, 6.45) is 1.10. The van der Waals surface area contributed by atoms with E-state index >= 15 is 0 Å². The largest absolute Gasteiger partial charge is 0.486 e. The summed E-state index contributed by atoms with van der Waals surface area (Å²) in [7, 11) is 1.82. The van der Waals surface area contributed by atoms with Gasteiger partial charge in [0.1, 0.15) is 13.2 Å². The SMILES string of the molecule is CC(c1ccccc1Cl)N(C)C(=O)CCc1ccc2c(c1)OCCO2. The highest BCUT2D eigenvalue weighted by atomic mass is 35.5. The van der Waals surface area contributed by atoms with Crippen LogP contribution in [0.3, 0.4) is 0 Å². The van der Waals surface area contributed by atoms with E-state index in [1.807, 2.05) is 56.4 Å². The number of aryl methyl sites for hydroxylation is 1. The van der Waals surface area contributed by atoms with Crippen LogP contribution in [0.5, 0.6) is 11.5 Å². The molecule has 1 heterocycles. The van der Waals surface area contributed by atoms with Crippen LogP contribution < -0.4 is 9.47 Å². The second-order valence-electron chi connectivity index (χ2n) is 6.18. The lowest BCUT2D eigenvalue weighted by atomic mass is 10.1. The molecule has 1 unspecified atom stereocenters. The van der Waals surface area contributed by atoms with Gasteiger partial charge in [-0.1, -0.05) is 35.9 Å². The highest BCUT2D eigenvalue weighted by molar-refractivity contribution is 6.31. The maximum atomic E-state index is 12.6. The Morgan fingerprint density at radius 2 is 1.88 bits per heavy atom. The van der Waals surface area contributed by atoms with E-state index in [1.165, 1.54) is 0 Å². The lowest BCUT2D eigenvalue weighted by molar-refractivity contribution is -0.131. The molecule has 1 aliphatic rings. The lowest BCUT2D eigenvalue weighted by Gasteiger charge is -2.26. The van der Waals surface area contributed by atoms with Gasteiger partial charge < -0.3 is 14.4 Å². The zero-order chi connectivity index (χ0) is 17.8. The molecule has 1 amide bonds. The summed E-state index contributed by atoms with van der Waals surface area (Å²) in [4.78, 5) is 14.3. The van der Waals surface area contributed by atoms with E-state index < -0.39 is 0 Å². The van der Waals surface area contributed by atoms with Crippen molar-refractivity contribution in [2.24, 2.45) is 0 Å². The van der Waals surface area contributed by atoms with Crippen LogP contribution in [-0.4, -0.2) is 31.1 Å². The van der Waals surface area contributed by atoms with Crippen LogP contribution in [-0.2, 0) is 11.2 Å².